The lowest BCUT2D eigenvalue weighted by Crippen LogP contribution is -2.20. The smallest absolute Gasteiger partial charge is 0.122 e. The molecule has 2 aliphatic rings. The number of rotatable bonds is 2. The average Bonchev–Trinajstić information content (AvgIpc) is 2.90. The van der Waals surface area contributed by atoms with Gasteiger partial charge in [0.1, 0.15) is 6.10 Å². The van der Waals surface area contributed by atoms with Crippen molar-refractivity contribution in [2.24, 2.45) is 0 Å². The maximum absolute atomic E-state index is 10.1. The third-order valence-corrected chi connectivity index (χ3v) is 3.44. The highest BCUT2D eigenvalue weighted by Gasteiger charge is 2.51. The van der Waals surface area contributed by atoms with Gasteiger partial charge in [0.05, 0.1) is 17.4 Å². The van der Waals surface area contributed by atoms with Crippen LogP contribution >= 0.6 is 0 Å². The molecule has 3 nitrogen and oxygen atoms in total. The van der Waals surface area contributed by atoms with Gasteiger partial charge in [-0.3, -0.25) is 4.98 Å². The standard InChI is InChI=1S/C12H15NO2/c14-11(9-3-1-2-8-13-9)10-4-5-12(15-10)6-7-12/h1-3,8,10-11,14H,4-7H2/t10-,11?/m1/s1. The fraction of sp³-hybridized carbons (Fsp3) is 0.583. The van der Waals surface area contributed by atoms with Crippen LogP contribution < -0.4 is 0 Å². The fourth-order valence-electron chi connectivity index (χ4n) is 2.32. The zero-order valence-corrected chi connectivity index (χ0v) is 8.60. The molecule has 0 aromatic carbocycles. The van der Waals surface area contributed by atoms with Gasteiger partial charge in [-0.2, -0.15) is 0 Å². The average molecular weight is 205 g/mol. The van der Waals surface area contributed by atoms with Crippen LogP contribution in [-0.4, -0.2) is 21.8 Å². The van der Waals surface area contributed by atoms with E-state index in [0.717, 1.165) is 18.5 Å². The molecule has 2 fully saturated rings. The lowest BCUT2D eigenvalue weighted by atomic mass is 10.1. The summed E-state index contributed by atoms with van der Waals surface area (Å²) in [5.74, 6) is 0. The van der Waals surface area contributed by atoms with E-state index in [1.165, 1.54) is 12.8 Å². The number of aliphatic hydroxyl groups excluding tert-OH is 1. The maximum atomic E-state index is 10.1. The highest BCUT2D eigenvalue weighted by Crippen LogP contribution is 2.51. The molecule has 0 radical (unpaired) electrons. The van der Waals surface area contributed by atoms with E-state index in [1.54, 1.807) is 6.20 Å². The van der Waals surface area contributed by atoms with E-state index in [9.17, 15) is 5.11 Å². The molecule has 15 heavy (non-hydrogen) atoms. The summed E-state index contributed by atoms with van der Waals surface area (Å²) >= 11 is 0. The van der Waals surface area contributed by atoms with Crippen molar-refractivity contribution < 1.29 is 9.84 Å². The summed E-state index contributed by atoms with van der Waals surface area (Å²) in [5, 5.41) is 10.1. The second kappa shape index (κ2) is 3.29. The van der Waals surface area contributed by atoms with Crippen LogP contribution in [0.5, 0.6) is 0 Å². The molecule has 3 heteroatoms. The highest BCUT2D eigenvalue weighted by atomic mass is 16.5. The Kier molecular flexibility index (Phi) is 2.04. The molecule has 1 aromatic rings. The van der Waals surface area contributed by atoms with Crippen molar-refractivity contribution in [3.05, 3.63) is 30.1 Å². The Hall–Kier alpha value is -0.930. The number of hydrogen-bond donors (Lipinski definition) is 1. The monoisotopic (exact) mass is 205 g/mol. The van der Waals surface area contributed by atoms with Crippen molar-refractivity contribution >= 4 is 0 Å². The van der Waals surface area contributed by atoms with Crippen molar-refractivity contribution in [3.8, 4) is 0 Å². The summed E-state index contributed by atoms with van der Waals surface area (Å²) in [4.78, 5) is 4.16. The molecule has 80 valence electrons. The first-order valence-electron chi connectivity index (χ1n) is 5.56. The quantitative estimate of drug-likeness (QED) is 0.800. The number of pyridine rings is 1. The molecule has 1 aromatic heterocycles. The van der Waals surface area contributed by atoms with Gasteiger partial charge < -0.3 is 9.84 Å². The van der Waals surface area contributed by atoms with Gasteiger partial charge in [-0.25, -0.2) is 0 Å². The lowest BCUT2D eigenvalue weighted by Gasteiger charge is -2.18. The topological polar surface area (TPSA) is 42.4 Å². The van der Waals surface area contributed by atoms with Crippen LogP contribution in [0.4, 0.5) is 0 Å². The molecule has 1 saturated carbocycles. The van der Waals surface area contributed by atoms with Crippen molar-refractivity contribution in [3.63, 3.8) is 0 Å². The van der Waals surface area contributed by atoms with Gasteiger partial charge in [0.2, 0.25) is 0 Å². The Morgan fingerprint density at radius 1 is 1.40 bits per heavy atom. The number of ether oxygens (including phenoxy) is 1. The molecule has 1 spiro atoms. The van der Waals surface area contributed by atoms with E-state index in [4.69, 9.17) is 4.74 Å². The van der Waals surface area contributed by atoms with Gasteiger partial charge in [0.25, 0.3) is 0 Å². The Bertz CT molecular complexity index is 348. The summed E-state index contributed by atoms with van der Waals surface area (Å²) in [7, 11) is 0. The summed E-state index contributed by atoms with van der Waals surface area (Å²) in [6.07, 6.45) is 5.48. The first-order chi connectivity index (χ1) is 7.29. The second-order valence-corrected chi connectivity index (χ2v) is 4.58. The number of hydrogen-bond acceptors (Lipinski definition) is 3. The predicted molar refractivity (Wildman–Crippen MR) is 55.3 cm³/mol. The number of nitrogens with zero attached hydrogens (tertiary/aromatic N) is 1. The van der Waals surface area contributed by atoms with Crippen LogP contribution in [-0.2, 0) is 4.74 Å². The minimum Gasteiger partial charge on any atom is -0.384 e. The van der Waals surface area contributed by atoms with Crippen molar-refractivity contribution in [1.29, 1.82) is 0 Å². The van der Waals surface area contributed by atoms with Gasteiger partial charge in [-0.05, 0) is 37.8 Å². The van der Waals surface area contributed by atoms with Crippen LogP contribution in [0.1, 0.15) is 37.5 Å². The molecule has 2 atom stereocenters. The first-order valence-corrected chi connectivity index (χ1v) is 5.56. The highest BCUT2D eigenvalue weighted by molar-refractivity contribution is 5.11. The van der Waals surface area contributed by atoms with E-state index in [1.807, 2.05) is 18.2 Å². The van der Waals surface area contributed by atoms with Crippen molar-refractivity contribution in [2.45, 2.75) is 43.5 Å². The first kappa shape index (κ1) is 9.31. The zero-order valence-electron chi connectivity index (χ0n) is 8.60. The van der Waals surface area contributed by atoms with Crippen molar-refractivity contribution in [2.75, 3.05) is 0 Å². The number of aromatic nitrogens is 1. The van der Waals surface area contributed by atoms with Crippen LogP contribution in [0.25, 0.3) is 0 Å². The van der Waals surface area contributed by atoms with E-state index in [-0.39, 0.29) is 11.7 Å². The van der Waals surface area contributed by atoms with Gasteiger partial charge in [-0.15, -0.1) is 0 Å². The Morgan fingerprint density at radius 3 is 2.87 bits per heavy atom. The van der Waals surface area contributed by atoms with Crippen molar-refractivity contribution in [1.82, 2.24) is 4.98 Å². The van der Waals surface area contributed by atoms with Crippen LogP contribution in [0.15, 0.2) is 24.4 Å². The minimum absolute atomic E-state index is 0.0533. The van der Waals surface area contributed by atoms with Gasteiger partial charge in [-0.1, -0.05) is 6.07 Å². The van der Waals surface area contributed by atoms with Crippen LogP contribution in [0, 0.1) is 0 Å². The molecule has 0 bridgehead atoms. The largest absolute Gasteiger partial charge is 0.384 e. The molecule has 1 saturated heterocycles. The fourth-order valence-corrected chi connectivity index (χ4v) is 2.32. The van der Waals surface area contributed by atoms with Gasteiger partial charge in [0.15, 0.2) is 0 Å². The van der Waals surface area contributed by atoms with E-state index in [0.29, 0.717) is 0 Å². The maximum Gasteiger partial charge on any atom is 0.122 e. The third-order valence-electron chi connectivity index (χ3n) is 3.44. The SMILES string of the molecule is OC(c1ccccn1)[C@H]1CCC2(CC2)O1. The van der Waals surface area contributed by atoms with E-state index >= 15 is 0 Å². The molecular formula is C12H15NO2. The molecule has 1 unspecified atom stereocenters. The predicted octanol–water partition coefficient (Wildman–Crippen LogP) is 1.83. The Balaban J connectivity index is 1.73. The second-order valence-electron chi connectivity index (χ2n) is 4.58. The molecule has 0 amide bonds. The molecule has 1 N–H and O–H groups in total. The summed E-state index contributed by atoms with van der Waals surface area (Å²) in [5.41, 5.74) is 0.862. The molecule has 2 heterocycles. The normalized spacial score (nSPS) is 29.3. The molecular weight excluding hydrogens is 190 g/mol. The Labute approximate surface area is 89.1 Å². The molecule has 1 aliphatic heterocycles. The van der Waals surface area contributed by atoms with Gasteiger partial charge >= 0.3 is 0 Å². The third kappa shape index (κ3) is 1.66. The zero-order chi connectivity index (χ0) is 10.3. The van der Waals surface area contributed by atoms with E-state index in [2.05, 4.69) is 4.98 Å². The summed E-state index contributed by atoms with van der Waals surface area (Å²) < 4.78 is 5.89. The molecule has 3 rings (SSSR count). The van der Waals surface area contributed by atoms with Gasteiger partial charge in [0, 0.05) is 6.20 Å². The lowest BCUT2D eigenvalue weighted by molar-refractivity contribution is -0.0472. The van der Waals surface area contributed by atoms with Crippen LogP contribution in [0.3, 0.4) is 0 Å². The Morgan fingerprint density at radius 2 is 2.27 bits per heavy atom. The summed E-state index contributed by atoms with van der Waals surface area (Å²) in [6.45, 7) is 0. The number of aliphatic hydroxyl groups is 1. The summed E-state index contributed by atoms with van der Waals surface area (Å²) in [6, 6.07) is 5.60. The molecule has 1 aliphatic carbocycles. The minimum atomic E-state index is -0.564. The van der Waals surface area contributed by atoms with Crippen LogP contribution in [0.2, 0.25) is 0 Å². The van der Waals surface area contributed by atoms with E-state index < -0.39 is 6.10 Å².